The van der Waals surface area contributed by atoms with E-state index >= 15 is 0 Å². The van der Waals surface area contributed by atoms with Crippen molar-refractivity contribution in [3.05, 3.63) is 54.1 Å². The minimum atomic E-state index is -4.05. The van der Waals surface area contributed by atoms with E-state index in [2.05, 4.69) is 43.9 Å². The van der Waals surface area contributed by atoms with E-state index in [4.69, 9.17) is 27.9 Å². The summed E-state index contributed by atoms with van der Waals surface area (Å²) in [5.41, 5.74) is 0.649. The summed E-state index contributed by atoms with van der Waals surface area (Å²) in [5.74, 6) is 5.63. The fraction of sp³-hybridized carbons (Fsp3) is 0.675. The monoisotopic (exact) mass is 714 g/mol. The van der Waals surface area contributed by atoms with Gasteiger partial charge in [-0.05, 0) is 89.7 Å². The van der Waals surface area contributed by atoms with Crippen molar-refractivity contribution < 1.29 is 41.1 Å². The molecule has 4 rings (SSSR count). The third-order valence-corrected chi connectivity index (χ3v) is 11.2. The molecule has 7 atom stereocenters. The van der Waals surface area contributed by atoms with Crippen LogP contribution >= 0.6 is 0 Å². The van der Waals surface area contributed by atoms with Crippen molar-refractivity contribution in [3.63, 3.8) is 0 Å². The standard InChI is InChI=1S/C40H58O9S/c1-6-7-26-40(3,4)36(48-39-19-13-15-28-46-39)25-24-33-32(16-10-8-9-11-17-37(41)44-5)35(29-34(33)47-38-18-12-14-27-45-38)49-50(42,43)31-22-20-30(2)21-23-31/h8,10,20-25,32-36,38-39H,9,11-19,26-29H2,1-5H3/b10-8-,25-24+/t32-,33-,34-,35-,36-,38?,39?/m1/s1. The molecule has 2 heterocycles. The third-order valence-electron chi connectivity index (χ3n) is 9.88. The van der Waals surface area contributed by atoms with E-state index in [1.54, 1.807) is 24.3 Å². The van der Waals surface area contributed by atoms with Gasteiger partial charge in [0.25, 0.3) is 10.1 Å². The SMILES string of the molecule is CC#CCC(C)(C)[C@@H](/C=C/[C@@H]1[C@@H](C/C=C\CCCC(=O)OC)[C@H](OS(=O)(=O)c2ccc(C)cc2)C[C@H]1OC1CCCCO1)OC1CCCCO1. The highest BCUT2D eigenvalue weighted by Crippen LogP contribution is 2.43. The highest BCUT2D eigenvalue weighted by Gasteiger charge is 2.46. The quantitative estimate of drug-likeness (QED) is 0.0525. The van der Waals surface area contributed by atoms with Gasteiger partial charge in [-0.25, -0.2) is 0 Å². The van der Waals surface area contributed by atoms with Gasteiger partial charge in [0.05, 0.1) is 30.3 Å². The van der Waals surface area contributed by atoms with Crippen LogP contribution in [0.5, 0.6) is 0 Å². The van der Waals surface area contributed by atoms with Gasteiger partial charge in [-0.2, -0.15) is 8.42 Å². The van der Waals surface area contributed by atoms with Gasteiger partial charge >= 0.3 is 5.97 Å². The Morgan fingerprint density at radius 1 is 1.02 bits per heavy atom. The Morgan fingerprint density at radius 2 is 1.72 bits per heavy atom. The normalized spacial score (nSPS) is 26.9. The number of carbonyl (C=O) groups excluding carboxylic acids is 1. The molecule has 1 aromatic carbocycles. The first-order valence-electron chi connectivity index (χ1n) is 18.4. The zero-order chi connectivity index (χ0) is 36.0. The number of methoxy groups -OCH3 is 1. The molecule has 0 radical (unpaired) electrons. The number of unbranched alkanes of at least 4 members (excludes halogenated alkanes) is 1. The number of aryl methyl sites for hydroxylation is 1. The van der Waals surface area contributed by atoms with Crippen molar-refractivity contribution in [2.24, 2.45) is 17.3 Å². The zero-order valence-electron chi connectivity index (χ0n) is 30.6. The summed E-state index contributed by atoms with van der Waals surface area (Å²) in [4.78, 5) is 11.7. The Hall–Kier alpha value is -2.52. The average Bonchev–Trinajstić information content (AvgIpc) is 3.41. The van der Waals surface area contributed by atoms with Gasteiger partial charge in [-0.15, -0.1) is 11.8 Å². The van der Waals surface area contributed by atoms with Gasteiger partial charge in [-0.3, -0.25) is 8.98 Å². The summed E-state index contributed by atoms with van der Waals surface area (Å²) < 4.78 is 63.5. The lowest BCUT2D eigenvalue weighted by molar-refractivity contribution is -0.197. The maximum atomic E-state index is 13.7. The summed E-state index contributed by atoms with van der Waals surface area (Å²) in [7, 11) is -2.66. The van der Waals surface area contributed by atoms with Crippen LogP contribution in [0.4, 0.5) is 0 Å². The molecule has 1 aromatic rings. The molecule has 0 N–H and O–H groups in total. The van der Waals surface area contributed by atoms with Crippen molar-refractivity contribution in [3.8, 4) is 11.8 Å². The molecular weight excluding hydrogens is 656 g/mol. The summed E-state index contributed by atoms with van der Waals surface area (Å²) in [6, 6.07) is 6.73. The lowest BCUT2D eigenvalue weighted by Crippen LogP contribution is -2.36. The Kier molecular flexibility index (Phi) is 16.0. The predicted octanol–water partition coefficient (Wildman–Crippen LogP) is 7.81. The Labute approximate surface area is 300 Å². The number of allylic oxidation sites excluding steroid dienone is 2. The van der Waals surface area contributed by atoms with E-state index in [1.807, 2.05) is 19.9 Å². The highest BCUT2D eigenvalue weighted by molar-refractivity contribution is 7.86. The molecule has 0 amide bonds. The molecule has 0 spiro atoms. The topological polar surface area (TPSA) is 107 Å². The first kappa shape index (κ1) is 40.3. The maximum absolute atomic E-state index is 13.7. The van der Waals surface area contributed by atoms with Gasteiger partial charge in [0.1, 0.15) is 0 Å². The van der Waals surface area contributed by atoms with E-state index in [9.17, 15) is 13.2 Å². The number of ether oxygens (including phenoxy) is 5. The van der Waals surface area contributed by atoms with Gasteiger partial charge in [0.2, 0.25) is 0 Å². The smallest absolute Gasteiger partial charge is 0.305 e. The summed E-state index contributed by atoms with van der Waals surface area (Å²) >= 11 is 0. The molecule has 3 aliphatic rings. The average molecular weight is 715 g/mol. The fourth-order valence-electron chi connectivity index (χ4n) is 6.81. The summed E-state index contributed by atoms with van der Waals surface area (Å²) in [6.07, 6.45) is 15.5. The molecule has 2 saturated heterocycles. The first-order valence-corrected chi connectivity index (χ1v) is 19.8. The number of hydrogen-bond acceptors (Lipinski definition) is 9. The largest absolute Gasteiger partial charge is 0.469 e. The number of benzene rings is 1. The number of hydrogen-bond donors (Lipinski definition) is 0. The summed E-state index contributed by atoms with van der Waals surface area (Å²) in [5, 5.41) is 0. The minimum absolute atomic E-state index is 0.131. The fourth-order valence-corrected chi connectivity index (χ4v) is 7.94. The zero-order valence-corrected chi connectivity index (χ0v) is 31.5. The molecule has 1 aliphatic carbocycles. The maximum Gasteiger partial charge on any atom is 0.305 e. The minimum Gasteiger partial charge on any atom is -0.469 e. The second-order valence-electron chi connectivity index (χ2n) is 14.4. The van der Waals surface area contributed by atoms with Crippen LogP contribution in [-0.4, -0.2) is 65.6 Å². The highest BCUT2D eigenvalue weighted by atomic mass is 32.2. The molecule has 3 fully saturated rings. The van der Waals surface area contributed by atoms with E-state index in [1.165, 1.54) is 7.11 Å². The van der Waals surface area contributed by atoms with Crippen LogP contribution in [0.15, 0.2) is 53.5 Å². The molecule has 0 aromatic heterocycles. The van der Waals surface area contributed by atoms with Gasteiger partial charge in [-0.1, -0.05) is 55.8 Å². The number of esters is 1. The van der Waals surface area contributed by atoms with Crippen LogP contribution < -0.4 is 0 Å². The van der Waals surface area contributed by atoms with Gasteiger partial charge < -0.3 is 23.7 Å². The van der Waals surface area contributed by atoms with E-state index in [-0.39, 0.29) is 52.9 Å². The van der Waals surface area contributed by atoms with E-state index < -0.39 is 16.2 Å². The van der Waals surface area contributed by atoms with Gasteiger partial charge in [0.15, 0.2) is 12.6 Å². The molecule has 1 saturated carbocycles. The summed E-state index contributed by atoms with van der Waals surface area (Å²) in [6.45, 7) is 9.39. The van der Waals surface area contributed by atoms with Crippen LogP contribution in [0, 0.1) is 36.0 Å². The lowest BCUT2D eigenvalue weighted by atomic mass is 9.81. The predicted molar refractivity (Wildman–Crippen MR) is 192 cm³/mol. The number of rotatable bonds is 17. The Balaban J connectivity index is 1.66. The molecule has 0 bridgehead atoms. The van der Waals surface area contributed by atoms with Crippen molar-refractivity contribution in [1.29, 1.82) is 0 Å². The third kappa shape index (κ3) is 12.3. The van der Waals surface area contributed by atoms with Crippen LogP contribution in [-0.2, 0) is 42.8 Å². The Bertz CT molecular complexity index is 1410. The van der Waals surface area contributed by atoms with Crippen LogP contribution in [0.25, 0.3) is 0 Å². The second kappa shape index (κ2) is 19.9. The lowest BCUT2D eigenvalue weighted by Gasteiger charge is -2.35. The molecule has 10 heteroatoms. The van der Waals surface area contributed by atoms with Crippen molar-refractivity contribution in [2.45, 2.75) is 141 Å². The number of carbonyl (C=O) groups is 1. The Morgan fingerprint density at radius 3 is 2.36 bits per heavy atom. The van der Waals surface area contributed by atoms with Crippen molar-refractivity contribution >= 4 is 16.1 Å². The van der Waals surface area contributed by atoms with E-state index in [0.717, 1.165) is 44.1 Å². The van der Waals surface area contributed by atoms with Crippen LogP contribution in [0.3, 0.4) is 0 Å². The van der Waals surface area contributed by atoms with E-state index in [0.29, 0.717) is 51.7 Å². The molecular formula is C40H58O9S. The molecule has 278 valence electrons. The first-order chi connectivity index (χ1) is 24.0. The van der Waals surface area contributed by atoms with Gasteiger partial charge in [0, 0.05) is 43.8 Å². The van der Waals surface area contributed by atoms with Crippen LogP contribution in [0.2, 0.25) is 0 Å². The molecule has 9 nitrogen and oxygen atoms in total. The molecule has 50 heavy (non-hydrogen) atoms. The molecule has 2 unspecified atom stereocenters. The van der Waals surface area contributed by atoms with Crippen molar-refractivity contribution in [1.82, 2.24) is 0 Å². The van der Waals surface area contributed by atoms with Crippen molar-refractivity contribution in [2.75, 3.05) is 20.3 Å². The molecule has 2 aliphatic heterocycles. The van der Waals surface area contributed by atoms with Crippen LogP contribution in [0.1, 0.15) is 103 Å². The second-order valence-corrected chi connectivity index (χ2v) is 15.9.